The van der Waals surface area contributed by atoms with Gasteiger partial charge in [-0.15, -0.1) is 0 Å². The highest BCUT2D eigenvalue weighted by atomic mass is 16.5. The molecule has 0 spiro atoms. The van der Waals surface area contributed by atoms with Crippen LogP contribution in [0.5, 0.6) is 5.75 Å². The minimum Gasteiger partial charge on any atom is -0.494 e. The summed E-state index contributed by atoms with van der Waals surface area (Å²) in [6.45, 7) is 5.59. The fraction of sp³-hybridized carbons (Fsp3) is 0.400. The maximum Gasteiger partial charge on any atom is 0.119 e. The van der Waals surface area contributed by atoms with E-state index in [4.69, 9.17) is 4.74 Å². The highest BCUT2D eigenvalue weighted by Gasteiger charge is 1.96. The normalized spacial score (nSPS) is 10.6. The lowest BCUT2D eigenvalue weighted by Crippen LogP contribution is -2.16. The first-order valence-corrected chi connectivity index (χ1v) is 6.76. The molecule has 0 fully saturated rings. The molecular weight excluding hydrogens is 238 g/mol. The number of aryl methyl sites for hydroxylation is 1. The third-order valence-corrected chi connectivity index (χ3v) is 2.87. The van der Waals surface area contributed by atoms with Crippen molar-refractivity contribution < 1.29 is 4.74 Å². The van der Waals surface area contributed by atoms with Gasteiger partial charge in [0, 0.05) is 25.5 Å². The smallest absolute Gasteiger partial charge is 0.119 e. The molecule has 102 valence electrons. The van der Waals surface area contributed by atoms with Crippen LogP contribution in [0.4, 0.5) is 0 Å². The maximum absolute atomic E-state index is 5.48. The molecule has 4 nitrogen and oxygen atoms in total. The Morgan fingerprint density at radius 1 is 1.37 bits per heavy atom. The Balaban J connectivity index is 1.66. The van der Waals surface area contributed by atoms with Crippen molar-refractivity contribution >= 4 is 0 Å². The summed E-state index contributed by atoms with van der Waals surface area (Å²) in [5.41, 5.74) is 1.26. The Kier molecular flexibility index (Phi) is 5.44. The summed E-state index contributed by atoms with van der Waals surface area (Å²) < 4.78 is 7.58. The molecule has 4 heteroatoms. The molecule has 0 saturated heterocycles. The van der Waals surface area contributed by atoms with E-state index in [2.05, 4.69) is 27.0 Å². The fourth-order valence-electron chi connectivity index (χ4n) is 1.95. The number of nitrogens with one attached hydrogen (secondary N) is 1. The zero-order chi connectivity index (χ0) is 13.3. The molecule has 0 saturated carbocycles. The number of aromatic nitrogens is 2. The van der Waals surface area contributed by atoms with Crippen LogP contribution in [0.15, 0.2) is 43.0 Å². The minimum atomic E-state index is 0.710. The molecule has 0 atom stereocenters. The molecule has 0 aliphatic rings. The van der Waals surface area contributed by atoms with Crippen LogP contribution >= 0.6 is 0 Å². The second kappa shape index (κ2) is 7.59. The Bertz CT molecular complexity index is 468. The summed E-state index contributed by atoms with van der Waals surface area (Å²) in [6, 6.07) is 8.23. The van der Waals surface area contributed by atoms with Gasteiger partial charge in [0.1, 0.15) is 5.75 Å². The molecule has 2 rings (SSSR count). The van der Waals surface area contributed by atoms with E-state index in [-0.39, 0.29) is 0 Å². The molecule has 1 aromatic heterocycles. The minimum absolute atomic E-state index is 0.710. The van der Waals surface area contributed by atoms with Crippen molar-refractivity contribution in [2.45, 2.75) is 26.4 Å². The van der Waals surface area contributed by atoms with Crippen molar-refractivity contribution in [3.8, 4) is 5.75 Å². The van der Waals surface area contributed by atoms with Gasteiger partial charge in [0.15, 0.2) is 0 Å². The highest BCUT2D eigenvalue weighted by Crippen LogP contribution is 2.12. The lowest BCUT2D eigenvalue weighted by Gasteiger charge is -2.08. The van der Waals surface area contributed by atoms with E-state index in [0.717, 1.165) is 31.8 Å². The standard InChI is InChI=1S/C15H21N3O/c1-2-19-15-6-3-5-14(11-15)12-16-7-4-9-18-10-8-17-13-18/h3,5-6,8,10-11,13,16H,2,4,7,9,12H2,1H3. The largest absolute Gasteiger partial charge is 0.494 e. The average molecular weight is 259 g/mol. The quantitative estimate of drug-likeness (QED) is 0.740. The van der Waals surface area contributed by atoms with Crippen molar-refractivity contribution in [1.82, 2.24) is 14.9 Å². The molecule has 1 N–H and O–H groups in total. The van der Waals surface area contributed by atoms with E-state index in [1.165, 1.54) is 5.56 Å². The molecular formula is C15H21N3O. The lowest BCUT2D eigenvalue weighted by molar-refractivity contribution is 0.340. The van der Waals surface area contributed by atoms with E-state index < -0.39 is 0 Å². The van der Waals surface area contributed by atoms with Crippen LogP contribution in [0, 0.1) is 0 Å². The summed E-state index contributed by atoms with van der Waals surface area (Å²) in [7, 11) is 0. The number of nitrogens with zero attached hydrogens (tertiary/aromatic N) is 2. The molecule has 1 aromatic carbocycles. The molecule has 19 heavy (non-hydrogen) atoms. The summed E-state index contributed by atoms with van der Waals surface area (Å²) in [4.78, 5) is 4.02. The fourth-order valence-corrected chi connectivity index (χ4v) is 1.95. The predicted octanol–water partition coefficient (Wildman–Crippen LogP) is 2.46. The Morgan fingerprint density at radius 3 is 3.11 bits per heavy atom. The Labute approximate surface area is 114 Å². The number of hydrogen-bond acceptors (Lipinski definition) is 3. The summed E-state index contributed by atoms with van der Waals surface area (Å²) >= 11 is 0. The summed E-state index contributed by atoms with van der Waals surface area (Å²) in [5.74, 6) is 0.945. The van der Waals surface area contributed by atoms with Crippen molar-refractivity contribution in [2.24, 2.45) is 0 Å². The van der Waals surface area contributed by atoms with Gasteiger partial charge in [-0.1, -0.05) is 12.1 Å². The molecule has 0 bridgehead atoms. The first-order chi connectivity index (χ1) is 9.38. The van der Waals surface area contributed by atoms with Gasteiger partial charge in [-0.3, -0.25) is 0 Å². The van der Waals surface area contributed by atoms with Gasteiger partial charge in [0.05, 0.1) is 12.9 Å². The first kappa shape index (κ1) is 13.6. The van der Waals surface area contributed by atoms with E-state index in [9.17, 15) is 0 Å². The van der Waals surface area contributed by atoms with Crippen LogP contribution in [0.25, 0.3) is 0 Å². The first-order valence-electron chi connectivity index (χ1n) is 6.76. The Morgan fingerprint density at radius 2 is 2.32 bits per heavy atom. The number of rotatable bonds is 8. The van der Waals surface area contributed by atoms with Gasteiger partial charge in [0.25, 0.3) is 0 Å². The molecule has 0 unspecified atom stereocenters. The zero-order valence-corrected chi connectivity index (χ0v) is 11.4. The van der Waals surface area contributed by atoms with Crippen molar-refractivity contribution in [3.63, 3.8) is 0 Å². The van der Waals surface area contributed by atoms with Gasteiger partial charge in [0.2, 0.25) is 0 Å². The van der Waals surface area contributed by atoms with Crippen LogP contribution in [-0.2, 0) is 13.1 Å². The summed E-state index contributed by atoms with van der Waals surface area (Å²) in [6.07, 6.45) is 6.76. The van der Waals surface area contributed by atoms with E-state index >= 15 is 0 Å². The van der Waals surface area contributed by atoms with Crippen LogP contribution in [0.1, 0.15) is 18.9 Å². The van der Waals surface area contributed by atoms with Crippen molar-refractivity contribution in [3.05, 3.63) is 48.5 Å². The lowest BCUT2D eigenvalue weighted by atomic mass is 10.2. The third kappa shape index (κ3) is 4.75. The molecule has 0 aliphatic heterocycles. The van der Waals surface area contributed by atoms with Crippen LogP contribution in [0.3, 0.4) is 0 Å². The van der Waals surface area contributed by atoms with Gasteiger partial charge in [-0.05, 0) is 37.6 Å². The highest BCUT2D eigenvalue weighted by molar-refractivity contribution is 5.28. The number of imidazole rings is 1. The molecule has 1 heterocycles. The van der Waals surface area contributed by atoms with Gasteiger partial charge in [-0.25, -0.2) is 4.98 Å². The summed E-state index contributed by atoms with van der Waals surface area (Å²) in [5, 5.41) is 3.44. The number of ether oxygens (including phenoxy) is 1. The number of benzene rings is 1. The molecule has 0 aliphatic carbocycles. The van der Waals surface area contributed by atoms with E-state index in [1.54, 1.807) is 0 Å². The monoisotopic (exact) mass is 259 g/mol. The Hall–Kier alpha value is -1.81. The van der Waals surface area contributed by atoms with Crippen molar-refractivity contribution in [2.75, 3.05) is 13.2 Å². The van der Waals surface area contributed by atoms with Crippen molar-refractivity contribution in [1.29, 1.82) is 0 Å². The molecule has 0 radical (unpaired) electrons. The molecule has 0 amide bonds. The van der Waals surface area contributed by atoms with Crippen LogP contribution in [0.2, 0.25) is 0 Å². The van der Waals surface area contributed by atoms with Gasteiger partial charge >= 0.3 is 0 Å². The third-order valence-electron chi connectivity index (χ3n) is 2.87. The predicted molar refractivity (Wildman–Crippen MR) is 76.2 cm³/mol. The topological polar surface area (TPSA) is 39.1 Å². The van der Waals surface area contributed by atoms with Gasteiger partial charge < -0.3 is 14.6 Å². The maximum atomic E-state index is 5.48. The van der Waals surface area contributed by atoms with Crippen LogP contribution in [-0.4, -0.2) is 22.7 Å². The molecule has 2 aromatic rings. The zero-order valence-electron chi connectivity index (χ0n) is 11.4. The van der Waals surface area contributed by atoms with Gasteiger partial charge in [-0.2, -0.15) is 0 Å². The van der Waals surface area contributed by atoms with E-state index in [1.807, 2.05) is 37.8 Å². The second-order valence-electron chi connectivity index (χ2n) is 4.41. The SMILES string of the molecule is CCOc1cccc(CNCCCn2ccnc2)c1. The van der Waals surface area contributed by atoms with E-state index in [0.29, 0.717) is 6.61 Å². The van der Waals surface area contributed by atoms with Crippen LogP contribution < -0.4 is 10.1 Å². The average Bonchev–Trinajstić information content (AvgIpc) is 2.92. The second-order valence-corrected chi connectivity index (χ2v) is 4.41. The number of hydrogen-bond donors (Lipinski definition) is 1.